The van der Waals surface area contributed by atoms with Crippen LogP contribution in [0, 0.1) is 6.92 Å². The smallest absolute Gasteiger partial charge is 0.240 e. The molecule has 6 heteroatoms. The number of aryl methyl sites for hydroxylation is 1. The zero-order valence-corrected chi connectivity index (χ0v) is 18.0. The van der Waals surface area contributed by atoms with Crippen molar-refractivity contribution in [2.45, 2.75) is 69.6 Å². The maximum Gasteiger partial charge on any atom is 0.240 e. The van der Waals surface area contributed by atoms with Crippen molar-refractivity contribution in [3.05, 3.63) is 54.1 Å². The van der Waals surface area contributed by atoms with Gasteiger partial charge in [-0.2, -0.15) is 0 Å². The van der Waals surface area contributed by atoms with Gasteiger partial charge in [-0.25, -0.2) is 4.98 Å². The molecule has 3 atom stereocenters. The van der Waals surface area contributed by atoms with Crippen LogP contribution in [-0.4, -0.2) is 57.2 Å². The number of hydrogen-bond donors (Lipinski definition) is 2. The van der Waals surface area contributed by atoms with E-state index in [-0.39, 0.29) is 30.0 Å². The predicted molar refractivity (Wildman–Crippen MR) is 117 cm³/mol. The highest BCUT2D eigenvalue weighted by Crippen LogP contribution is 2.39. The lowest BCUT2D eigenvalue weighted by Gasteiger charge is -2.34. The number of likely N-dealkylation sites (tertiary alicyclic amines) is 1. The molecule has 2 fully saturated rings. The van der Waals surface area contributed by atoms with Crippen molar-refractivity contribution < 1.29 is 9.90 Å². The van der Waals surface area contributed by atoms with Crippen LogP contribution in [0.2, 0.25) is 0 Å². The Labute approximate surface area is 179 Å². The molecule has 162 valence electrons. The maximum atomic E-state index is 12.7. The molecule has 2 aromatic rings. The molecule has 4 rings (SSSR count). The van der Waals surface area contributed by atoms with Gasteiger partial charge in [0.05, 0.1) is 6.10 Å². The van der Waals surface area contributed by atoms with Gasteiger partial charge in [0.25, 0.3) is 0 Å². The Morgan fingerprint density at radius 2 is 1.93 bits per heavy atom. The molecule has 0 radical (unpaired) electrons. The van der Waals surface area contributed by atoms with E-state index in [0.29, 0.717) is 6.54 Å². The summed E-state index contributed by atoms with van der Waals surface area (Å²) in [5, 5.41) is 14.1. The van der Waals surface area contributed by atoms with Gasteiger partial charge in [-0.1, -0.05) is 30.3 Å². The topological polar surface area (TPSA) is 70.4 Å². The predicted octanol–water partition coefficient (Wildman–Crippen LogP) is 2.65. The van der Waals surface area contributed by atoms with Gasteiger partial charge in [0.15, 0.2) is 0 Å². The van der Waals surface area contributed by atoms with Gasteiger partial charge < -0.3 is 15.0 Å². The Kier molecular flexibility index (Phi) is 6.54. The summed E-state index contributed by atoms with van der Waals surface area (Å²) >= 11 is 0. The number of amides is 1. The second kappa shape index (κ2) is 9.31. The van der Waals surface area contributed by atoms with Crippen molar-refractivity contribution in [3.63, 3.8) is 0 Å². The Hall–Kier alpha value is -2.18. The Morgan fingerprint density at radius 3 is 2.63 bits per heavy atom. The first-order valence-electron chi connectivity index (χ1n) is 11.3. The van der Waals surface area contributed by atoms with Crippen LogP contribution < -0.4 is 5.32 Å². The van der Waals surface area contributed by atoms with Gasteiger partial charge in [-0.05, 0) is 64.1 Å². The van der Waals surface area contributed by atoms with Crippen molar-refractivity contribution in [2.24, 2.45) is 0 Å². The molecule has 2 N–H and O–H groups in total. The molecule has 0 bridgehead atoms. The van der Waals surface area contributed by atoms with Gasteiger partial charge in [-0.15, -0.1) is 0 Å². The summed E-state index contributed by atoms with van der Waals surface area (Å²) in [5.41, 5.74) is 1.12. The van der Waals surface area contributed by atoms with Crippen molar-refractivity contribution >= 4 is 5.91 Å². The normalized spacial score (nSPS) is 27.7. The van der Waals surface area contributed by atoms with Crippen molar-refractivity contribution in [1.82, 2.24) is 19.8 Å². The molecule has 0 spiro atoms. The van der Waals surface area contributed by atoms with Gasteiger partial charge in [0, 0.05) is 30.4 Å². The Bertz CT molecular complexity index is 831. The lowest BCUT2D eigenvalue weighted by atomic mass is 9.74. The number of nitrogens with one attached hydrogen (secondary N) is 1. The van der Waals surface area contributed by atoms with Gasteiger partial charge in [0.2, 0.25) is 5.91 Å². The summed E-state index contributed by atoms with van der Waals surface area (Å²) in [5.74, 6) is 0.848. The van der Waals surface area contributed by atoms with E-state index >= 15 is 0 Å². The average molecular weight is 411 g/mol. The van der Waals surface area contributed by atoms with Gasteiger partial charge >= 0.3 is 0 Å². The van der Waals surface area contributed by atoms with Crippen LogP contribution in [0.15, 0.2) is 42.7 Å². The Balaban J connectivity index is 1.49. The van der Waals surface area contributed by atoms with Crippen LogP contribution in [-0.2, 0) is 16.8 Å². The SMILES string of the molecule is Cc1nccn1CC(=O)NC[C@@]1(c2ccccc2)CC[C@H](O)[C@@H](N2CCCC2)CC1. The molecule has 1 saturated heterocycles. The second-order valence-corrected chi connectivity index (χ2v) is 8.98. The van der Waals surface area contributed by atoms with Crippen LogP contribution in [0.1, 0.15) is 49.9 Å². The number of imidazole rings is 1. The van der Waals surface area contributed by atoms with E-state index in [9.17, 15) is 9.90 Å². The summed E-state index contributed by atoms with van der Waals surface area (Å²) in [6.07, 6.45) is 9.32. The molecule has 1 saturated carbocycles. The minimum absolute atomic E-state index is 0.00675. The van der Waals surface area contributed by atoms with Crippen molar-refractivity contribution in [3.8, 4) is 0 Å². The van der Waals surface area contributed by atoms with Crippen LogP contribution in [0.3, 0.4) is 0 Å². The first-order chi connectivity index (χ1) is 14.6. The fraction of sp³-hybridized carbons (Fsp3) is 0.583. The first kappa shape index (κ1) is 21.1. The zero-order chi connectivity index (χ0) is 21.0. The van der Waals surface area contributed by atoms with E-state index in [1.807, 2.05) is 23.8 Å². The minimum atomic E-state index is -0.294. The number of rotatable bonds is 6. The van der Waals surface area contributed by atoms with Crippen LogP contribution in [0.4, 0.5) is 0 Å². The highest BCUT2D eigenvalue weighted by Gasteiger charge is 2.40. The summed E-state index contributed by atoms with van der Waals surface area (Å²) < 4.78 is 1.87. The standard InChI is InChI=1S/C24H34N4O2/c1-19-25-13-16-28(19)17-23(30)26-18-24(20-7-3-2-4-8-20)11-9-21(22(29)10-12-24)27-14-5-6-15-27/h2-4,7-8,13,16,21-22,29H,5-6,9-12,14-15,17-18H2,1H3,(H,26,30)/t21-,22-,24-/m0/s1. The number of carbonyl (C=O) groups excluding carboxylic acids is 1. The molecule has 1 aromatic heterocycles. The monoisotopic (exact) mass is 410 g/mol. The molecule has 2 heterocycles. The number of hydrogen-bond acceptors (Lipinski definition) is 4. The molecule has 30 heavy (non-hydrogen) atoms. The van der Waals surface area contributed by atoms with E-state index in [1.54, 1.807) is 6.20 Å². The lowest BCUT2D eigenvalue weighted by molar-refractivity contribution is -0.122. The van der Waals surface area contributed by atoms with Gasteiger partial charge in [0.1, 0.15) is 12.4 Å². The third kappa shape index (κ3) is 4.60. The number of aliphatic hydroxyl groups is 1. The first-order valence-corrected chi connectivity index (χ1v) is 11.3. The van der Waals surface area contributed by atoms with Gasteiger partial charge in [-0.3, -0.25) is 9.69 Å². The number of aromatic nitrogens is 2. The van der Waals surface area contributed by atoms with Crippen LogP contribution in [0.25, 0.3) is 0 Å². The fourth-order valence-corrected chi connectivity index (χ4v) is 5.27. The molecular weight excluding hydrogens is 376 g/mol. The number of benzene rings is 1. The quantitative estimate of drug-likeness (QED) is 0.719. The molecule has 1 aliphatic carbocycles. The van der Waals surface area contributed by atoms with Crippen LogP contribution >= 0.6 is 0 Å². The Morgan fingerprint density at radius 1 is 1.20 bits per heavy atom. The molecular formula is C24H34N4O2. The number of aliphatic hydroxyl groups excluding tert-OH is 1. The molecule has 1 aromatic carbocycles. The molecule has 1 aliphatic heterocycles. The molecule has 0 unspecified atom stereocenters. The largest absolute Gasteiger partial charge is 0.391 e. The summed E-state index contributed by atoms with van der Waals surface area (Å²) in [6.45, 7) is 4.99. The van der Waals surface area contributed by atoms with E-state index < -0.39 is 0 Å². The third-order valence-corrected chi connectivity index (χ3v) is 7.14. The summed E-state index contributed by atoms with van der Waals surface area (Å²) in [4.78, 5) is 19.4. The van der Waals surface area contributed by atoms with Crippen molar-refractivity contribution in [2.75, 3.05) is 19.6 Å². The fourth-order valence-electron chi connectivity index (χ4n) is 5.27. The average Bonchev–Trinajstić information content (AvgIpc) is 3.39. The number of nitrogens with zero attached hydrogens (tertiary/aromatic N) is 3. The highest BCUT2D eigenvalue weighted by molar-refractivity contribution is 5.76. The van der Waals surface area contributed by atoms with Crippen molar-refractivity contribution in [1.29, 1.82) is 0 Å². The number of carbonyl (C=O) groups is 1. The van der Waals surface area contributed by atoms with E-state index in [1.165, 1.54) is 18.4 Å². The van der Waals surface area contributed by atoms with E-state index in [4.69, 9.17) is 0 Å². The van der Waals surface area contributed by atoms with E-state index in [2.05, 4.69) is 39.5 Å². The third-order valence-electron chi connectivity index (χ3n) is 7.14. The maximum absolute atomic E-state index is 12.7. The zero-order valence-electron chi connectivity index (χ0n) is 18.0. The van der Waals surface area contributed by atoms with Crippen LogP contribution in [0.5, 0.6) is 0 Å². The summed E-state index contributed by atoms with van der Waals surface area (Å²) in [6, 6.07) is 10.8. The lowest BCUT2D eigenvalue weighted by Crippen LogP contribution is -2.42. The molecule has 1 amide bonds. The van der Waals surface area contributed by atoms with E-state index in [0.717, 1.165) is 44.6 Å². The highest BCUT2D eigenvalue weighted by atomic mass is 16.3. The molecule has 2 aliphatic rings. The second-order valence-electron chi connectivity index (χ2n) is 8.98. The molecule has 6 nitrogen and oxygen atoms in total. The minimum Gasteiger partial charge on any atom is -0.391 e. The summed E-state index contributed by atoms with van der Waals surface area (Å²) in [7, 11) is 0.